The van der Waals surface area contributed by atoms with Crippen LogP contribution in [0.2, 0.25) is 0 Å². The maximum absolute atomic E-state index is 8.99. The Balaban J connectivity index is 3.03. The minimum atomic E-state index is 0.147. The van der Waals surface area contributed by atoms with Crippen molar-refractivity contribution in [2.45, 2.75) is 45.4 Å². The van der Waals surface area contributed by atoms with E-state index in [0.29, 0.717) is 18.0 Å². The lowest BCUT2D eigenvalue weighted by atomic mass is 9.82. The average Bonchev–Trinajstić information content (AvgIpc) is 2.42. The van der Waals surface area contributed by atoms with Gasteiger partial charge >= 0.3 is 0 Å². The molecular formula is C15H19N3. The molecule has 0 aromatic carbocycles. The van der Waals surface area contributed by atoms with Crippen molar-refractivity contribution in [1.82, 2.24) is 4.98 Å². The van der Waals surface area contributed by atoms with Gasteiger partial charge in [-0.15, -0.1) is 0 Å². The standard InChI is InChI=1S/C15H19N3/c1-3-6-12(4-2)14(9-10-16)15-8-5-7-13(11-17)18-15/h5,7-8,12,14H,3-4,6,9H2,1-2H3. The van der Waals surface area contributed by atoms with Gasteiger partial charge in [-0.3, -0.25) is 0 Å². The minimum Gasteiger partial charge on any atom is -0.242 e. The molecule has 0 fully saturated rings. The monoisotopic (exact) mass is 241 g/mol. The summed E-state index contributed by atoms with van der Waals surface area (Å²) in [5.74, 6) is 0.615. The van der Waals surface area contributed by atoms with E-state index in [1.165, 1.54) is 0 Å². The first-order valence-electron chi connectivity index (χ1n) is 6.50. The molecule has 0 radical (unpaired) electrons. The van der Waals surface area contributed by atoms with Gasteiger partial charge in [0.05, 0.1) is 6.07 Å². The van der Waals surface area contributed by atoms with Crippen LogP contribution in [0.1, 0.15) is 56.8 Å². The molecule has 94 valence electrons. The van der Waals surface area contributed by atoms with Crippen LogP contribution < -0.4 is 0 Å². The first kappa shape index (κ1) is 14.2. The van der Waals surface area contributed by atoms with Gasteiger partial charge in [0.1, 0.15) is 11.8 Å². The van der Waals surface area contributed by atoms with E-state index in [0.717, 1.165) is 25.0 Å². The third-order valence-electron chi connectivity index (χ3n) is 3.33. The van der Waals surface area contributed by atoms with Gasteiger partial charge in [-0.2, -0.15) is 10.5 Å². The molecule has 0 spiro atoms. The summed E-state index contributed by atoms with van der Waals surface area (Å²) in [4.78, 5) is 4.35. The lowest BCUT2D eigenvalue weighted by molar-refractivity contribution is 0.376. The first-order valence-corrected chi connectivity index (χ1v) is 6.50. The second kappa shape index (κ2) is 7.45. The van der Waals surface area contributed by atoms with E-state index in [1.54, 1.807) is 6.07 Å². The lowest BCUT2D eigenvalue weighted by Crippen LogP contribution is -2.14. The maximum Gasteiger partial charge on any atom is 0.140 e. The predicted molar refractivity (Wildman–Crippen MR) is 70.6 cm³/mol. The molecule has 2 unspecified atom stereocenters. The van der Waals surface area contributed by atoms with Crippen molar-refractivity contribution >= 4 is 0 Å². The molecule has 1 heterocycles. The Kier molecular flexibility index (Phi) is 5.88. The molecule has 0 saturated heterocycles. The van der Waals surface area contributed by atoms with E-state index < -0.39 is 0 Å². The van der Waals surface area contributed by atoms with Gasteiger partial charge in [0.15, 0.2) is 0 Å². The summed E-state index contributed by atoms with van der Waals surface area (Å²) in [5.41, 5.74) is 1.32. The lowest BCUT2D eigenvalue weighted by Gasteiger charge is -2.23. The summed E-state index contributed by atoms with van der Waals surface area (Å²) in [7, 11) is 0. The number of hydrogen-bond donors (Lipinski definition) is 0. The first-order chi connectivity index (χ1) is 8.76. The van der Waals surface area contributed by atoms with Crippen LogP contribution in [0.25, 0.3) is 0 Å². The Morgan fingerprint density at radius 1 is 1.28 bits per heavy atom. The van der Waals surface area contributed by atoms with Crippen molar-refractivity contribution in [3.05, 3.63) is 29.6 Å². The highest BCUT2D eigenvalue weighted by Crippen LogP contribution is 2.32. The highest BCUT2D eigenvalue weighted by Gasteiger charge is 2.22. The summed E-state index contributed by atoms with van der Waals surface area (Å²) in [5, 5.41) is 17.9. The summed E-state index contributed by atoms with van der Waals surface area (Å²) in [6, 6.07) is 9.80. The molecule has 18 heavy (non-hydrogen) atoms. The van der Waals surface area contributed by atoms with E-state index in [-0.39, 0.29) is 5.92 Å². The molecule has 2 atom stereocenters. The summed E-state index contributed by atoms with van der Waals surface area (Å²) < 4.78 is 0. The molecule has 0 aliphatic heterocycles. The third-order valence-corrected chi connectivity index (χ3v) is 3.33. The number of rotatable bonds is 6. The highest BCUT2D eigenvalue weighted by atomic mass is 14.7. The smallest absolute Gasteiger partial charge is 0.140 e. The van der Waals surface area contributed by atoms with Gasteiger partial charge < -0.3 is 0 Å². The van der Waals surface area contributed by atoms with Crippen molar-refractivity contribution in [1.29, 1.82) is 10.5 Å². The van der Waals surface area contributed by atoms with Gasteiger partial charge in [-0.1, -0.05) is 39.2 Å². The molecular weight excluding hydrogens is 222 g/mol. The topological polar surface area (TPSA) is 60.5 Å². The molecule has 1 aromatic rings. The van der Waals surface area contributed by atoms with Crippen LogP contribution in [0.15, 0.2) is 18.2 Å². The van der Waals surface area contributed by atoms with Crippen molar-refractivity contribution in [3.63, 3.8) is 0 Å². The van der Waals surface area contributed by atoms with Crippen LogP contribution >= 0.6 is 0 Å². The van der Waals surface area contributed by atoms with Crippen molar-refractivity contribution in [2.75, 3.05) is 0 Å². The van der Waals surface area contributed by atoms with Gasteiger partial charge in [0.25, 0.3) is 0 Å². The molecule has 0 bridgehead atoms. The fraction of sp³-hybridized carbons (Fsp3) is 0.533. The van der Waals surface area contributed by atoms with Crippen LogP contribution in [0, 0.1) is 28.6 Å². The Bertz CT molecular complexity index is 454. The molecule has 0 N–H and O–H groups in total. The molecule has 1 aromatic heterocycles. The Labute approximate surface area is 109 Å². The molecule has 0 amide bonds. The van der Waals surface area contributed by atoms with Crippen molar-refractivity contribution in [2.24, 2.45) is 5.92 Å². The highest BCUT2D eigenvalue weighted by molar-refractivity contribution is 5.24. The maximum atomic E-state index is 8.99. The Morgan fingerprint density at radius 3 is 2.61 bits per heavy atom. The van der Waals surface area contributed by atoms with E-state index in [4.69, 9.17) is 10.5 Å². The third kappa shape index (κ3) is 3.57. The minimum absolute atomic E-state index is 0.147. The van der Waals surface area contributed by atoms with Crippen LogP contribution in [0.3, 0.4) is 0 Å². The van der Waals surface area contributed by atoms with Gasteiger partial charge in [0, 0.05) is 18.0 Å². The molecule has 1 rings (SSSR count). The summed E-state index contributed by atoms with van der Waals surface area (Å²) in [6.07, 6.45) is 3.72. The van der Waals surface area contributed by atoms with Crippen molar-refractivity contribution in [3.8, 4) is 12.1 Å². The van der Waals surface area contributed by atoms with Crippen molar-refractivity contribution < 1.29 is 0 Å². The predicted octanol–water partition coefficient (Wildman–Crippen LogP) is 3.78. The van der Waals surface area contributed by atoms with E-state index >= 15 is 0 Å². The fourth-order valence-corrected chi connectivity index (χ4v) is 2.39. The summed E-state index contributed by atoms with van der Waals surface area (Å²) >= 11 is 0. The van der Waals surface area contributed by atoms with Crippen LogP contribution in [0.4, 0.5) is 0 Å². The van der Waals surface area contributed by atoms with E-state index in [9.17, 15) is 0 Å². The molecule has 0 aliphatic carbocycles. The zero-order valence-electron chi connectivity index (χ0n) is 11.1. The number of nitrogens with zero attached hydrogens (tertiary/aromatic N) is 3. The SMILES string of the molecule is CCCC(CC)C(CC#N)c1cccc(C#N)n1. The largest absolute Gasteiger partial charge is 0.242 e. The number of hydrogen-bond acceptors (Lipinski definition) is 3. The van der Waals surface area contributed by atoms with E-state index in [1.807, 2.05) is 12.1 Å². The molecule has 3 heteroatoms. The zero-order valence-corrected chi connectivity index (χ0v) is 11.1. The molecule has 3 nitrogen and oxygen atoms in total. The Morgan fingerprint density at radius 2 is 2.06 bits per heavy atom. The van der Waals surface area contributed by atoms with Crippen LogP contribution in [-0.4, -0.2) is 4.98 Å². The normalized spacial score (nSPS) is 13.3. The second-order valence-electron chi connectivity index (χ2n) is 4.49. The van der Waals surface area contributed by atoms with E-state index in [2.05, 4.69) is 31.0 Å². The van der Waals surface area contributed by atoms with Crippen LogP contribution in [0.5, 0.6) is 0 Å². The number of nitriles is 2. The quantitative estimate of drug-likeness (QED) is 0.761. The second-order valence-corrected chi connectivity index (χ2v) is 4.49. The van der Waals surface area contributed by atoms with Gasteiger partial charge in [0.2, 0.25) is 0 Å². The average molecular weight is 241 g/mol. The van der Waals surface area contributed by atoms with Crippen LogP contribution in [-0.2, 0) is 0 Å². The number of pyridine rings is 1. The summed E-state index contributed by atoms with van der Waals surface area (Å²) in [6.45, 7) is 4.31. The van der Waals surface area contributed by atoms with Gasteiger partial charge in [-0.25, -0.2) is 4.98 Å². The number of aromatic nitrogens is 1. The fourth-order valence-electron chi connectivity index (χ4n) is 2.39. The zero-order chi connectivity index (χ0) is 13.4. The molecule has 0 aliphatic rings. The van der Waals surface area contributed by atoms with Gasteiger partial charge in [-0.05, 0) is 18.1 Å². The molecule has 0 saturated carbocycles. The Hall–Kier alpha value is -1.87.